The predicted molar refractivity (Wildman–Crippen MR) is 94.3 cm³/mol. The molecule has 1 aromatic carbocycles. The molecule has 1 aliphatic carbocycles. The Balaban J connectivity index is 1.72. The van der Waals surface area contributed by atoms with Gasteiger partial charge in [0.15, 0.2) is 0 Å². The zero-order valence-electron chi connectivity index (χ0n) is 13.1. The van der Waals surface area contributed by atoms with Gasteiger partial charge in [0.2, 0.25) is 0 Å². The fraction of sp³-hybridized carbons (Fsp3) is 0.333. The summed E-state index contributed by atoms with van der Waals surface area (Å²) in [6.07, 6.45) is 8.23. The standard InChI is InChI=1S/C18H20ClN3O/c1-12-6-7-14(19)9-17(12)22-18(23)13-8-16(11-20-10-13)21-15-4-2-3-5-15/h6-11,15,21H,2-5H2,1H3,(H,22,23). The van der Waals surface area contributed by atoms with Crippen molar-refractivity contribution in [2.75, 3.05) is 10.6 Å². The molecule has 0 radical (unpaired) electrons. The lowest BCUT2D eigenvalue weighted by atomic mass is 10.1. The molecule has 1 amide bonds. The maximum absolute atomic E-state index is 12.4. The number of nitrogens with one attached hydrogen (secondary N) is 2. The first kappa shape index (κ1) is 15.8. The number of nitrogens with zero attached hydrogens (tertiary/aromatic N) is 1. The second kappa shape index (κ2) is 7.01. The summed E-state index contributed by atoms with van der Waals surface area (Å²) >= 11 is 5.99. The third-order valence-corrected chi connectivity index (χ3v) is 4.41. The fourth-order valence-electron chi connectivity index (χ4n) is 2.87. The van der Waals surface area contributed by atoms with Crippen LogP contribution in [0.25, 0.3) is 0 Å². The number of aryl methyl sites for hydroxylation is 1. The minimum absolute atomic E-state index is 0.182. The number of anilines is 2. The number of carbonyl (C=O) groups is 1. The lowest BCUT2D eigenvalue weighted by molar-refractivity contribution is 0.102. The van der Waals surface area contributed by atoms with Gasteiger partial charge in [-0.25, -0.2) is 0 Å². The third-order valence-electron chi connectivity index (χ3n) is 4.17. The van der Waals surface area contributed by atoms with Crippen LogP contribution in [-0.4, -0.2) is 16.9 Å². The topological polar surface area (TPSA) is 54.0 Å². The molecule has 0 atom stereocenters. The van der Waals surface area contributed by atoms with Crippen molar-refractivity contribution < 1.29 is 4.79 Å². The molecule has 0 unspecified atom stereocenters. The Labute approximate surface area is 141 Å². The van der Waals surface area contributed by atoms with Crippen molar-refractivity contribution in [3.8, 4) is 0 Å². The number of rotatable bonds is 4. The van der Waals surface area contributed by atoms with Crippen LogP contribution < -0.4 is 10.6 Å². The molecule has 23 heavy (non-hydrogen) atoms. The first-order valence-corrected chi connectivity index (χ1v) is 8.29. The van der Waals surface area contributed by atoms with E-state index in [0.717, 1.165) is 16.9 Å². The lowest BCUT2D eigenvalue weighted by Gasteiger charge is -2.14. The highest BCUT2D eigenvalue weighted by Crippen LogP contribution is 2.23. The molecule has 120 valence electrons. The van der Waals surface area contributed by atoms with E-state index in [-0.39, 0.29) is 5.91 Å². The van der Waals surface area contributed by atoms with E-state index in [1.807, 2.05) is 19.1 Å². The second-order valence-electron chi connectivity index (χ2n) is 6.00. The number of aromatic nitrogens is 1. The number of halogens is 1. The Hall–Kier alpha value is -2.07. The molecule has 0 bridgehead atoms. The van der Waals surface area contributed by atoms with Crippen LogP contribution in [-0.2, 0) is 0 Å². The van der Waals surface area contributed by atoms with E-state index >= 15 is 0 Å². The molecule has 1 saturated carbocycles. The molecular formula is C18H20ClN3O. The molecule has 4 nitrogen and oxygen atoms in total. The van der Waals surface area contributed by atoms with Crippen molar-refractivity contribution in [3.63, 3.8) is 0 Å². The lowest BCUT2D eigenvalue weighted by Crippen LogP contribution is -2.17. The highest BCUT2D eigenvalue weighted by molar-refractivity contribution is 6.31. The van der Waals surface area contributed by atoms with Gasteiger partial charge in [0.1, 0.15) is 0 Å². The maximum atomic E-state index is 12.4. The van der Waals surface area contributed by atoms with Crippen LogP contribution in [0.5, 0.6) is 0 Å². The van der Waals surface area contributed by atoms with E-state index in [1.165, 1.54) is 25.7 Å². The Morgan fingerprint density at radius 3 is 2.78 bits per heavy atom. The quantitative estimate of drug-likeness (QED) is 0.858. The van der Waals surface area contributed by atoms with E-state index in [4.69, 9.17) is 11.6 Å². The van der Waals surface area contributed by atoms with Crippen molar-refractivity contribution >= 4 is 28.9 Å². The van der Waals surface area contributed by atoms with Crippen molar-refractivity contribution in [3.05, 3.63) is 52.8 Å². The summed E-state index contributed by atoms with van der Waals surface area (Å²) in [5.41, 5.74) is 3.12. The van der Waals surface area contributed by atoms with Crippen LogP contribution in [0.15, 0.2) is 36.7 Å². The zero-order chi connectivity index (χ0) is 16.2. The van der Waals surface area contributed by atoms with Crippen molar-refractivity contribution in [2.24, 2.45) is 0 Å². The molecule has 0 saturated heterocycles. The van der Waals surface area contributed by atoms with Crippen LogP contribution in [0.4, 0.5) is 11.4 Å². The van der Waals surface area contributed by atoms with Gasteiger partial charge >= 0.3 is 0 Å². The molecule has 2 aromatic rings. The summed E-state index contributed by atoms with van der Waals surface area (Å²) in [6, 6.07) is 7.78. The van der Waals surface area contributed by atoms with Gasteiger partial charge in [-0.2, -0.15) is 0 Å². The van der Waals surface area contributed by atoms with E-state index in [0.29, 0.717) is 16.6 Å². The normalized spacial score (nSPS) is 14.7. The summed E-state index contributed by atoms with van der Waals surface area (Å²) < 4.78 is 0. The average molecular weight is 330 g/mol. The SMILES string of the molecule is Cc1ccc(Cl)cc1NC(=O)c1cncc(NC2CCCC2)c1. The monoisotopic (exact) mass is 329 g/mol. The third kappa shape index (κ3) is 4.02. The van der Waals surface area contributed by atoms with Gasteiger partial charge in [-0.3, -0.25) is 9.78 Å². The number of hydrogen-bond donors (Lipinski definition) is 2. The van der Waals surface area contributed by atoms with Gasteiger partial charge in [-0.15, -0.1) is 0 Å². The van der Waals surface area contributed by atoms with E-state index < -0.39 is 0 Å². The van der Waals surface area contributed by atoms with Crippen molar-refractivity contribution in [2.45, 2.75) is 38.6 Å². The minimum atomic E-state index is -0.182. The van der Waals surface area contributed by atoms with Gasteiger partial charge < -0.3 is 10.6 Å². The number of carbonyl (C=O) groups excluding carboxylic acids is 1. The van der Waals surface area contributed by atoms with Crippen LogP contribution in [0.1, 0.15) is 41.6 Å². The molecule has 0 aliphatic heterocycles. The van der Waals surface area contributed by atoms with Crippen LogP contribution in [0, 0.1) is 6.92 Å². The Kier molecular flexibility index (Phi) is 4.82. The van der Waals surface area contributed by atoms with E-state index in [9.17, 15) is 4.79 Å². The molecule has 1 aromatic heterocycles. The summed E-state index contributed by atoms with van der Waals surface area (Å²) in [4.78, 5) is 16.6. The summed E-state index contributed by atoms with van der Waals surface area (Å²) in [6.45, 7) is 1.93. The smallest absolute Gasteiger partial charge is 0.257 e. The number of hydrogen-bond acceptors (Lipinski definition) is 3. The van der Waals surface area contributed by atoms with Gasteiger partial charge in [-0.1, -0.05) is 30.5 Å². The Morgan fingerprint density at radius 1 is 1.22 bits per heavy atom. The average Bonchev–Trinajstić information content (AvgIpc) is 3.04. The number of pyridine rings is 1. The molecule has 2 N–H and O–H groups in total. The molecule has 3 rings (SSSR count). The first-order chi connectivity index (χ1) is 11.1. The highest BCUT2D eigenvalue weighted by Gasteiger charge is 2.15. The maximum Gasteiger partial charge on any atom is 0.257 e. The molecule has 0 spiro atoms. The molecule has 1 aliphatic rings. The molecule has 1 fully saturated rings. The molecule has 5 heteroatoms. The van der Waals surface area contributed by atoms with Gasteiger partial charge in [0.05, 0.1) is 11.3 Å². The predicted octanol–water partition coefficient (Wildman–Crippen LogP) is 4.65. The number of amides is 1. The van der Waals surface area contributed by atoms with E-state index in [2.05, 4.69) is 15.6 Å². The van der Waals surface area contributed by atoms with Gasteiger partial charge in [-0.05, 0) is 43.5 Å². The zero-order valence-corrected chi connectivity index (χ0v) is 13.9. The summed E-state index contributed by atoms with van der Waals surface area (Å²) in [5.74, 6) is -0.182. The van der Waals surface area contributed by atoms with Gasteiger partial charge in [0, 0.05) is 29.1 Å². The molecule has 1 heterocycles. The largest absolute Gasteiger partial charge is 0.381 e. The van der Waals surface area contributed by atoms with Crippen molar-refractivity contribution in [1.29, 1.82) is 0 Å². The Bertz CT molecular complexity index is 711. The van der Waals surface area contributed by atoms with Crippen LogP contribution in [0.2, 0.25) is 5.02 Å². The first-order valence-electron chi connectivity index (χ1n) is 7.91. The van der Waals surface area contributed by atoms with Gasteiger partial charge in [0.25, 0.3) is 5.91 Å². The minimum Gasteiger partial charge on any atom is -0.381 e. The summed E-state index contributed by atoms with van der Waals surface area (Å²) in [7, 11) is 0. The second-order valence-corrected chi connectivity index (χ2v) is 6.44. The molecular weight excluding hydrogens is 310 g/mol. The van der Waals surface area contributed by atoms with Crippen molar-refractivity contribution in [1.82, 2.24) is 4.98 Å². The van der Waals surface area contributed by atoms with Crippen LogP contribution >= 0.6 is 11.6 Å². The summed E-state index contributed by atoms with van der Waals surface area (Å²) in [5, 5.41) is 6.95. The highest BCUT2D eigenvalue weighted by atomic mass is 35.5. The fourth-order valence-corrected chi connectivity index (χ4v) is 3.04. The Morgan fingerprint density at radius 2 is 2.00 bits per heavy atom. The number of benzene rings is 1. The van der Waals surface area contributed by atoms with Crippen LogP contribution in [0.3, 0.4) is 0 Å². The van der Waals surface area contributed by atoms with E-state index in [1.54, 1.807) is 24.5 Å².